The first-order chi connectivity index (χ1) is 9.13. The van der Waals surface area contributed by atoms with E-state index < -0.39 is 5.92 Å². The quantitative estimate of drug-likeness (QED) is 0.819. The maximum atomic E-state index is 12.2. The molecule has 0 aliphatic carbocycles. The summed E-state index contributed by atoms with van der Waals surface area (Å²) >= 11 is 5.91. The highest BCUT2D eigenvalue weighted by atomic mass is 35.5. The van der Waals surface area contributed by atoms with Crippen molar-refractivity contribution in [1.29, 1.82) is 0 Å². The molecule has 2 rings (SSSR count). The lowest BCUT2D eigenvalue weighted by Crippen LogP contribution is -2.38. The van der Waals surface area contributed by atoms with E-state index in [-0.39, 0.29) is 24.2 Å². The van der Waals surface area contributed by atoms with Crippen molar-refractivity contribution < 1.29 is 9.59 Å². The number of rotatable bonds is 4. The van der Waals surface area contributed by atoms with E-state index in [2.05, 4.69) is 5.32 Å². The Morgan fingerprint density at radius 3 is 2.90 bits per heavy atom. The molecule has 0 bridgehead atoms. The number of nitrogens with zero attached hydrogens (tertiary/aromatic N) is 1. The van der Waals surface area contributed by atoms with Crippen LogP contribution in [-0.4, -0.2) is 31.4 Å². The van der Waals surface area contributed by atoms with Gasteiger partial charge in [-0.15, -0.1) is 12.4 Å². The highest BCUT2D eigenvalue weighted by molar-refractivity contribution is 6.31. The summed E-state index contributed by atoms with van der Waals surface area (Å²) in [7, 11) is 0. The van der Waals surface area contributed by atoms with Crippen LogP contribution in [0.1, 0.15) is 6.42 Å². The summed E-state index contributed by atoms with van der Waals surface area (Å²) in [5.41, 5.74) is 6.05. The highest BCUT2D eigenvalue weighted by Crippen LogP contribution is 2.27. The molecule has 7 heteroatoms. The summed E-state index contributed by atoms with van der Waals surface area (Å²) in [6.07, 6.45) is 0.516. The Kier molecular flexibility index (Phi) is 6.26. The van der Waals surface area contributed by atoms with Gasteiger partial charge >= 0.3 is 0 Å². The molecule has 1 aliphatic heterocycles. The monoisotopic (exact) mass is 317 g/mol. The number of carbonyl (C=O) groups excluding carboxylic acids is 2. The van der Waals surface area contributed by atoms with Gasteiger partial charge in [0.25, 0.3) is 0 Å². The predicted octanol–water partition coefficient (Wildman–Crippen LogP) is 1.19. The Bertz CT molecular complexity index is 496. The molecule has 1 saturated heterocycles. The molecule has 0 aromatic heterocycles. The van der Waals surface area contributed by atoms with Crippen LogP contribution in [0.3, 0.4) is 0 Å². The Morgan fingerprint density at radius 2 is 2.25 bits per heavy atom. The molecule has 5 nitrogen and oxygen atoms in total. The second-order valence-corrected chi connectivity index (χ2v) is 4.83. The molecule has 0 spiro atoms. The summed E-state index contributed by atoms with van der Waals surface area (Å²) in [5.74, 6) is -1.05. The first-order valence-corrected chi connectivity index (χ1v) is 6.56. The van der Waals surface area contributed by atoms with Crippen LogP contribution in [-0.2, 0) is 9.59 Å². The fraction of sp³-hybridized carbons (Fsp3) is 0.385. The van der Waals surface area contributed by atoms with Crippen molar-refractivity contribution in [3.63, 3.8) is 0 Å². The second kappa shape index (κ2) is 7.47. The van der Waals surface area contributed by atoms with Gasteiger partial charge in [0.05, 0.1) is 0 Å². The van der Waals surface area contributed by atoms with Gasteiger partial charge in [0.15, 0.2) is 0 Å². The van der Waals surface area contributed by atoms with Gasteiger partial charge < -0.3 is 16.0 Å². The number of hydrogen-bond donors (Lipinski definition) is 2. The van der Waals surface area contributed by atoms with Crippen molar-refractivity contribution in [2.45, 2.75) is 6.42 Å². The average molecular weight is 318 g/mol. The number of halogens is 2. The number of benzene rings is 1. The lowest BCUT2D eigenvalue weighted by Gasteiger charge is -2.17. The molecule has 1 fully saturated rings. The SMILES string of the molecule is Cl.NCCNC(=O)C1CCN(c2cccc(Cl)c2)C1=O. The largest absolute Gasteiger partial charge is 0.354 e. The molecule has 110 valence electrons. The van der Waals surface area contributed by atoms with Crippen LogP contribution in [0.5, 0.6) is 0 Å². The number of nitrogens with one attached hydrogen (secondary N) is 1. The topological polar surface area (TPSA) is 75.4 Å². The number of nitrogens with two attached hydrogens (primary N) is 1. The standard InChI is InChI=1S/C13H16ClN3O2.ClH/c14-9-2-1-3-10(8-9)17-7-4-11(13(17)19)12(18)16-6-5-15;/h1-3,8,11H,4-7,15H2,(H,16,18);1H. The van der Waals surface area contributed by atoms with Crippen molar-refractivity contribution in [2.75, 3.05) is 24.5 Å². The highest BCUT2D eigenvalue weighted by Gasteiger charge is 2.37. The van der Waals surface area contributed by atoms with Crippen LogP contribution >= 0.6 is 24.0 Å². The third kappa shape index (κ3) is 3.62. The fourth-order valence-electron chi connectivity index (χ4n) is 2.14. The fourth-order valence-corrected chi connectivity index (χ4v) is 2.33. The third-order valence-electron chi connectivity index (χ3n) is 3.09. The molecule has 0 saturated carbocycles. The van der Waals surface area contributed by atoms with Crippen molar-refractivity contribution >= 4 is 41.5 Å². The predicted molar refractivity (Wildman–Crippen MR) is 81.2 cm³/mol. The summed E-state index contributed by atoms with van der Waals surface area (Å²) in [5, 5.41) is 3.22. The van der Waals surface area contributed by atoms with Crippen LogP contribution in [0.2, 0.25) is 5.02 Å². The maximum absolute atomic E-state index is 12.2. The Labute approximate surface area is 128 Å². The number of amides is 2. The molecule has 1 aliphatic rings. The Balaban J connectivity index is 0.00000200. The molecular weight excluding hydrogens is 301 g/mol. The Hall–Kier alpha value is -1.30. The normalized spacial score (nSPS) is 17.8. The zero-order valence-corrected chi connectivity index (χ0v) is 12.4. The van der Waals surface area contributed by atoms with E-state index in [1.54, 1.807) is 23.1 Å². The zero-order chi connectivity index (χ0) is 13.8. The summed E-state index contributed by atoms with van der Waals surface area (Å²) in [4.78, 5) is 25.6. The zero-order valence-electron chi connectivity index (χ0n) is 10.8. The van der Waals surface area contributed by atoms with Gasteiger partial charge in [-0.25, -0.2) is 0 Å². The maximum Gasteiger partial charge on any atom is 0.239 e. The lowest BCUT2D eigenvalue weighted by atomic mass is 10.1. The van der Waals surface area contributed by atoms with Crippen LogP contribution in [0.4, 0.5) is 5.69 Å². The van der Waals surface area contributed by atoms with E-state index >= 15 is 0 Å². The summed E-state index contributed by atoms with van der Waals surface area (Å²) in [6, 6.07) is 7.06. The van der Waals surface area contributed by atoms with Crippen LogP contribution < -0.4 is 16.0 Å². The Morgan fingerprint density at radius 1 is 1.50 bits per heavy atom. The minimum atomic E-state index is -0.620. The molecule has 1 aromatic carbocycles. The molecule has 3 N–H and O–H groups in total. The summed E-state index contributed by atoms with van der Waals surface area (Å²) < 4.78 is 0. The first kappa shape index (κ1) is 16.8. The van der Waals surface area contributed by atoms with Gasteiger partial charge in [-0.1, -0.05) is 17.7 Å². The van der Waals surface area contributed by atoms with E-state index in [1.807, 2.05) is 6.07 Å². The molecule has 0 radical (unpaired) electrons. The van der Waals surface area contributed by atoms with Crippen molar-refractivity contribution in [1.82, 2.24) is 5.32 Å². The molecule has 1 unspecified atom stereocenters. The first-order valence-electron chi connectivity index (χ1n) is 6.18. The van der Waals surface area contributed by atoms with Gasteiger partial charge in [0, 0.05) is 30.3 Å². The molecule has 1 atom stereocenters. The van der Waals surface area contributed by atoms with Gasteiger partial charge in [0.1, 0.15) is 5.92 Å². The van der Waals surface area contributed by atoms with Crippen molar-refractivity contribution in [3.8, 4) is 0 Å². The number of hydrogen-bond acceptors (Lipinski definition) is 3. The van der Waals surface area contributed by atoms with Gasteiger partial charge in [0.2, 0.25) is 11.8 Å². The van der Waals surface area contributed by atoms with Gasteiger partial charge in [-0.3, -0.25) is 9.59 Å². The molecule has 1 heterocycles. The minimum Gasteiger partial charge on any atom is -0.354 e. The lowest BCUT2D eigenvalue weighted by molar-refractivity contribution is -0.132. The second-order valence-electron chi connectivity index (χ2n) is 4.39. The van der Waals surface area contributed by atoms with Crippen molar-refractivity contribution in [3.05, 3.63) is 29.3 Å². The van der Waals surface area contributed by atoms with Crippen LogP contribution in [0, 0.1) is 5.92 Å². The van der Waals surface area contributed by atoms with Gasteiger partial charge in [-0.2, -0.15) is 0 Å². The average Bonchev–Trinajstić information content (AvgIpc) is 2.78. The van der Waals surface area contributed by atoms with E-state index in [0.29, 0.717) is 31.1 Å². The van der Waals surface area contributed by atoms with Crippen LogP contribution in [0.25, 0.3) is 0 Å². The molecular formula is C13H17Cl2N3O2. The molecule has 2 amide bonds. The molecule has 1 aromatic rings. The number of carbonyl (C=O) groups is 2. The van der Waals surface area contributed by atoms with E-state index in [4.69, 9.17) is 17.3 Å². The van der Waals surface area contributed by atoms with Gasteiger partial charge in [-0.05, 0) is 24.6 Å². The van der Waals surface area contributed by atoms with E-state index in [9.17, 15) is 9.59 Å². The van der Waals surface area contributed by atoms with Crippen LogP contribution in [0.15, 0.2) is 24.3 Å². The molecule has 20 heavy (non-hydrogen) atoms. The minimum absolute atomic E-state index is 0. The third-order valence-corrected chi connectivity index (χ3v) is 3.32. The summed E-state index contributed by atoms with van der Waals surface area (Å²) in [6.45, 7) is 1.28. The smallest absolute Gasteiger partial charge is 0.239 e. The van der Waals surface area contributed by atoms with E-state index in [0.717, 1.165) is 5.69 Å². The number of anilines is 1. The van der Waals surface area contributed by atoms with Crippen molar-refractivity contribution in [2.24, 2.45) is 11.7 Å². The van der Waals surface area contributed by atoms with E-state index in [1.165, 1.54) is 0 Å².